The topological polar surface area (TPSA) is 57.6 Å². The zero-order valence-electron chi connectivity index (χ0n) is 12.8. The summed E-state index contributed by atoms with van der Waals surface area (Å²) in [6.45, 7) is 8.03. The van der Waals surface area contributed by atoms with Gasteiger partial charge >= 0.3 is 5.97 Å². The van der Waals surface area contributed by atoms with Crippen molar-refractivity contribution in [3.05, 3.63) is 35.4 Å². The van der Waals surface area contributed by atoms with Crippen LogP contribution in [0.5, 0.6) is 0 Å². The Morgan fingerprint density at radius 1 is 1.29 bits per heavy atom. The van der Waals surface area contributed by atoms with E-state index in [2.05, 4.69) is 20.8 Å². The van der Waals surface area contributed by atoms with Crippen molar-refractivity contribution in [2.24, 2.45) is 0 Å². The Hall–Kier alpha value is -1.49. The summed E-state index contributed by atoms with van der Waals surface area (Å²) in [5, 5.41) is 9.20. The predicted octanol–water partition coefficient (Wildman–Crippen LogP) is 2.97. The molecule has 2 unspecified atom stereocenters. The smallest absolute Gasteiger partial charge is 0.327 e. The van der Waals surface area contributed by atoms with Crippen molar-refractivity contribution in [3.63, 3.8) is 0 Å². The summed E-state index contributed by atoms with van der Waals surface area (Å²) in [7, 11) is 0. The first kappa shape index (κ1) is 15.9. The molecule has 0 aromatic heterocycles. The van der Waals surface area contributed by atoms with Crippen molar-refractivity contribution in [3.8, 4) is 0 Å². The Morgan fingerprint density at radius 2 is 1.90 bits per heavy atom. The van der Waals surface area contributed by atoms with Gasteiger partial charge in [0.05, 0.1) is 5.37 Å². The maximum Gasteiger partial charge on any atom is 0.327 e. The maximum atomic E-state index is 12.9. The van der Waals surface area contributed by atoms with E-state index in [4.69, 9.17) is 0 Å². The number of benzene rings is 1. The molecule has 2 rings (SSSR count). The number of carbonyl (C=O) groups is 2. The Kier molecular flexibility index (Phi) is 4.33. The fourth-order valence-corrected chi connectivity index (χ4v) is 3.77. The SMILES string of the molecule is CC1SCC(C(=O)O)N1C(=O)c1ccccc1C(C)(C)C. The number of thioether (sulfide) groups is 1. The molecule has 1 heterocycles. The fraction of sp³-hybridized carbons (Fsp3) is 0.500. The Morgan fingerprint density at radius 3 is 2.48 bits per heavy atom. The van der Waals surface area contributed by atoms with Crippen LogP contribution in [0.4, 0.5) is 0 Å². The second-order valence-electron chi connectivity index (χ2n) is 6.29. The molecule has 1 N–H and O–H groups in total. The van der Waals surface area contributed by atoms with Crippen LogP contribution in [0.3, 0.4) is 0 Å². The second kappa shape index (κ2) is 5.72. The van der Waals surface area contributed by atoms with E-state index in [9.17, 15) is 14.7 Å². The summed E-state index contributed by atoms with van der Waals surface area (Å²) < 4.78 is 0. The van der Waals surface area contributed by atoms with Gasteiger partial charge in [0, 0.05) is 11.3 Å². The standard InChI is InChI=1S/C16H21NO3S/c1-10-17(13(9-21-10)15(19)20)14(18)11-7-5-6-8-12(11)16(2,3)4/h5-8,10,13H,9H2,1-4H3,(H,19,20). The minimum absolute atomic E-state index is 0.119. The third-order valence-electron chi connectivity index (χ3n) is 3.71. The Labute approximate surface area is 129 Å². The third kappa shape index (κ3) is 3.07. The minimum atomic E-state index is -0.937. The third-order valence-corrected chi connectivity index (χ3v) is 4.93. The van der Waals surface area contributed by atoms with Crippen LogP contribution in [0.2, 0.25) is 0 Å². The van der Waals surface area contributed by atoms with Crippen molar-refractivity contribution >= 4 is 23.6 Å². The highest BCUT2D eigenvalue weighted by molar-refractivity contribution is 8.00. The van der Waals surface area contributed by atoms with E-state index >= 15 is 0 Å². The molecular formula is C16H21NO3S. The first-order valence-electron chi connectivity index (χ1n) is 7.00. The van der Waals surface area contributed by atoms with Gasteiger partial charge in [0.15, 0.2) is 0 Å². The van der Waals surface area contributed by atoms with Crippen LogP contribution in [-0.2, 0) is 10.2 Å². The molecule has 0 bridgehead atoms. The van der Waals surface area contributed by atoms with Crippen molar-refractivity contribution in [2.45, 2.75) is 44.5 Å². The van der Waals surface area contributed by atoms with Gasteiger partial charge in [0.25, 0.3) is 5.91 Å². The number of amides is 1. The number of hydrogen-bond acceptors (Lipinski definition) is 3. The predicted molar refractivity (Wildman–Crippen MR) is 84.7 cm³/mol. The van der Waals surface area contributed by atoms with Crippen LogP contribution in [0, 0.1) is 0 Å². The van der Waals surface area contributed by atoms with Gasteiger partial charge in [-0.05, 0) is 24.0 Å². The zero-order chi connectivity index (χ0) is 15.8. The Balaban J connectivity index is 2.43. The van der Waals surface area contributed by atoms with Crippen LogP contribution in [0.15, 0.2) is 24.3 Å². The van der Waals surface area contributed by atoms with E-state index in [0.717, 1.165) is 5.56 Å². The summed E-state index contributed by atoms with van der Waals surface area (Å²) >= 11 is 1.50. The van der Waals surface area contributed by atoms with Gasteiger partial charge in [-0.2, -0.15) is 0 Å². The summed E-state index contributed by atoms with van der Waals surface area (Å²) in [6, 6.07) is 6.72. The first-order chi connectivity index (χ1) is 9.73. The quantitative estimate of drug-likeness (QED) is 0.912. The summed E-state index contributed by atoms with van der Waals surface area (Å²) in [4.78, 5) is 25.8. The lowest BCUT2D eigenvalue weighted by atomic mass is 9.83. The molecule has 21 heavy (non-hydrogen) atoms. The normalized spacial score (nSPS) is 22.4. The molecule has 5 heteroatoms. The van der Waals surface area contributed by atoms with E-state index in [1.807, 2.05) is 25.1 Å². The van der Waals surface area contributed by atoms with Crippen LogP contribution < -0.4 is 0 Å². The van der Waals surface area contributed by atoms with Gasteiger partial charge in [-0.1, -0.05) is 39.0 Å². The minimum Gasteiger partial charge on any atom is -0.480 e. The molecule has 1 aromatic carbocycles. The lowest BCUT2D eigenvalue weighted by Gasteiger charge is -2.29. The van der Waals surface area contributed by atoms with E-state index in [1.54, 1.807) is 6.07 Å². The average Bonchev–Trinajstić information content (AvgIpc) is 2.79. The largest absolute Gasteiger partial charge is 0.480 e. The molecule has 1 aliphatic rings. The van der Waals surface area contributed by atoms with Gasteiger partial charge in [-0.3, -0.25) is 4.79 Å². The van der Waals surface area contributed by atoms with E-state index < -0.39 is 12.0 Å². The van der Waals surface area contributed by atoms with Gasteiger partial charge < -0.3 is 10.0 Å². The number of carbonyl (C=O) groups excluding carboxylic acids is 1. The summed E-state index contributed by atoms with van der Waals surface area (Å²) in [6.07, 6.45) is 0. The van der Waals surface area contributed by atoms with Crippen LogP contribution in [0.1, 0.15) is 43.6 Å². The molecule has 0 radical (unpaired) electrons. The summed E-state index contributed by atoms with van der Waals surface area (Å²) in [5.74, 6) is -0.682. The number of rotatable bonds is 2. The van der Waals surface area contributed by atoms with Crippen LogP contribution in [0.25, 0.3) is 0 Å². The number of carboxylic acid groups (broad SMARTS) is 1. The zero-order valence-corrected chi connectivity index (χ0v) is 13.6. The van der Waals surface area contributed by atoms with Gasteiger partial charge in [-0.15, -0.1) is 11.8 Å². The second-order valence-corrected chi connectivity index (χ2v) is 7.64. The molecule has 114 valence electrons. The molecule has 1 fully saturated rings. The maximum absolute atomic E-state index is 12.9. The summed E-state index contributed by atoms with van der Waals surface area (Å²) in [5.41, 5.74) is 1.38. The molecule has 1 aliphatic heterocycles. The molecule has 0 saturated carbocycles. The lowest BCUT2D eigenvalue weighted by Crippen LogP contribution is -2.45. The highest BCUT2D eigenvalue weighted by atomic mass is 32.2. The number of nitrogens with zero attached hydrogens (tertiary/aromatic N) is 1. The van der Waals surface area contributed by atoms with E-state index in [1.165, 1.54) is 16.7 Å². The van der Waals surface area contributed by atoms with Crippen molar-refractivity contribution < 1.29 is 14.7 Å². The first-order valence-corrected chi connectivity index (χ1v) is 8.05. The van der Waals surface area contributed by atoms with Crippen molar-refractivity contribution in [1.82, 2.24) is 4.90 Å². The van der Waals surface area contributed by atoms with Crippen molar-refractivity contribution in [2.75, 3.05) is 5.75 Å². The van der Waals surface area contributed by atoms with Gasteiger partial charge in [0.1, 0.15) is 6.04 Å². The van der Waals surface area contributed by atoms with E-state index in [-0.39, 0.29) is 16.7 Å². The molecule has 1 amide bonds. The molecule has 0 spiro atoms. The fourth-order valence-electron chi connectivity index (χ4n) is 2.60. The molecule has 0 aliphatic carbocycles. The number of aliphatic carboxylic acids is 1. The molecule has 1 saturated heterocycles. The monoisotopic (exact) mass is 307 g/mol. The highest BCUT2D eigenvalue weighted by Gasteiger charge is 2.40. The number of hydrogen-bond donors (Lipinski definition) is 1. The highest BCUT2D eigenvalue weighted by Crippen LogP contribution is 2.33. The average molecular weight is 307 g/mol. The van der Waals surface area contributed by atoms with Crippen LogP contribution >= 0.6 is 11.8 Å². The van der Waals surface area contributed by atoms with Crippen molar-refractivity contribution in [1.29, 1.82) is 0 Å². The molecule has 1 aromatic rings. The number of carboxylic acids is 1. The van der Waals surface area contributed by atoms with Gasteiger partial charge in [0.2, 0.25) is 0 Å². The van der Waals surface area contributed by atoms with E-state index in [0.29, 0.717) is 11.3 Å². The molecule has 2 atom stereocenters. The molecular weight excluding hydrogens is 286 g/mol. The van der Waals surface area contributed by atoms with Gasteiger partial charge in [-0.25, -0.2) is 4.79 Å². The lowest BCUT2D eigenvalue weighted by molar-refractivity contribution is -0.141. The Bertz CT molecular complexity index is 565. The molecule has 4 nitrogen and oxygen atoms in total. The van der Waals surface area contributed by atoms with Crippen LogP contribution in [-0.4, -0.2) is 39.1 Å².